The number of hydrogen-bond donors (Lipinski definition) is 0. The summed E-state index contributed by atoms with van der Waals surface area (Å²) in [6.45, 7) is 6.49. The molecule has 142 valence electrons. The van der Waals surface area contributed by atoms with Crippen molar-refractivity contribution in [3.8, 4) is 0 Å². The number of piperidine rings is 1. The Morgan fingerprint density at radius 3 is 2.65 bits per heavy atom. The van der Waals surface area contributed by atoms with E-state index in [1.54, 1.807) is 6.07 Å². The van der Waals surface area contributed by atoms with Gasteiger partial charge in [-0.15, -0.1) is 0 Å². The molecule has 0 bridgehead atoms. The van der Waals surface area contributed by atoms with Crippen molar-refractivity contribution in [3.05, 3.63) is 35.6 Å². The second-order valence-corrected chi connectivity index (χ2v) is 8.47. The van der Waals surface area contributed by atoms with Crippen molar-refractivity contribution in [3.63, 3.8) is 0 Å². The second kappa shape index (κ2) is 7.28. The van der Waals surface area contributed by atoms with Crippen LogP contribution in [-0.4, -0.2) is 66.9 Å². The molecular weight excluding hydrogens is 329 g/mol. The number of hydrogen-bond acceptors (Lipinski definition) is 3. The average Bonchev–Trinajstić information content (AvgIpc) is 3.38. The summed E-state index contributed by atoms with van der Waals surface area (Å²) >= 11 is 0. The van der Waals surface area contributed by atoms with Crippen LogP contribution in [-0.2, 0) is 11.3 Å². The number of carbonyl (C=O) groups excluding carboxylic acids is 1. The number of likely N-dealkylation sites (N-methyl/N-ethyl adjacent to an activating group) is 1. The number of rotatable bonds is 3. The average molecular weight is 359 g/mol. The predicted molar refractivity (Wildman–Crippen MR) is 100 cm³/mol. The minimum Gasteiger partial charge on any atom is -0.341 e. The SMILES string of the molecule is CN1CCCN(C(=O)C2CC23CCN(Cc2ccccc2F)CC3)CC1. The highest BCUT2D eigenvalue weighted by atomic mass is 19.1. The van der Waals surface area contributed by atoms with Crippen molar-refractivity contribution in [2.45, 2.75) is 32.2 Å². The molecule has 1 atom stereocenters. The van der Waals surface area contributed by atoms with Crippen molar-refractivity contribution in [2.75, 3.05) is 46.3 Å². The van der Waals surface area contributed by atoms with E-state index < -0.39 is 0 Å². The standard InChI is InChI=1S/C21H30FN3O/c1-23-9-4-10-25(14-13-23)20(26)18-15-21(18)7-11-24(12-8-21)16-17-5-2-3-6-19(17)22/h2-3,5-6,18H,4,7-16H2,1H3. The summed E-state index contributed by atoms with van der Waals surface area (Å²) in [5.74, 6) is 0.516. The van der Waals surface area contributed by atoms with Gasteiger partial charge < -0.3 is 9.80 Å². The molecule has 3 fully saturated rings. The molecule has 1 amide bonds. The number of amides is 1. The summed E-state index contributed by atoms with van der Waals surface area (Å²) in [6.07, 6.45) is 4.29. The van der Waals surface area contributed by atoms with Crippen LogP contribution >= 0.6 is 0 Å². The van der Waals surface area contributed by atoms with E-state index in [1.807, 2.05) is 12.1 Å². The highest BCUT2D eigenvalue weighted by Gasteiger charge is 2.59. The number of nitrogens with zero attached hydrogens (tertiary/aromatic N) is 3. The molecule has 1 spiro atoms. The zero-order valence-electron chi connectivity index (χ0n) is 15.8. The Hall–Kier alpha value is -1.46. The van der Waals surface area contributed by atoms with Crippen LogP contribution in [0.4, 0.5) is 4.39 Å². The van der Waals surface area contributed by atoms with Gasteiger partial charge in [0.25, 0.3) is 0 Å². The predicted octanol–water partition coefficient (Wildman–Crippen LogP) is 2.59. The van der Waals surface area contributed by atoms with E-state index in [2.05, 4.69) is 21.7 Å². The van der Waals surface area contributed by atoms with Gasteiger partial charge in [0, 0.05) is 37.7 Å². The van der Waals surface area contributed by atoms with Gasteiger partial charge in [0.15, 0.2) is 0 Å². The Morgan fingerprint density at radius 1 is 1.12 bits per heavy atom. The van der Waals surface area contributed by atoms with Crippen LogP contribution in [0, 0.1) is 17.2 Å². The van der Waals surface area contributed by atoms with Crippen molar-refractivity contribution in [2.24, 2.45) is 11.3 Å². The molecule has 0 aromatic heterocycles. The molecule has 1 aliphatic carbocycles. The lowest BCUT2D eigenvalue weighted by atomic mass is 9.90. The first kappa shape index (κ1) is 17.9. The number of halogens is 1. The summed E-state index contributed by atoms with van der Waals surface area (Å²) in [6, 6.07) is 7.05. The molecule has 5 heteroatoms. The fourth-order valence-corrected chi connectivity index (χ4v) is 4.76. The Balaban J connectivity index is 1.30. The topological polar surface area (TPSA) is 26.8 Å². The Bertz CT molecular complexity index is 656. The van der Waals surface area contributed by atoms with Gasteiger partial charge in [0.2, 0.25) is 5.91 Å². The normalized spacial score (nSPS) is 26.7. The zero-order valence-corrected chi connectivity index (χ0v) is 15.8. The maximum Gasteiger partial charge on any atom is 0.226 e. The van der Waals surface area contributed by atoms with Gasteiger partial charge in [-0.2, -0.15) is 0 Å². The first-order valence-corrected chi connectivity index (χ1v) is 10.0. The van der Waals surface area contributed by atoms with E-state index >= 15 is 0 Å². The number of likely N-dealkylation sites (tertiary alicyclic amines) is 1. The molecule has 2 saturated heterocycles. The fraction of sp³-hybridized carbons (Fsp3) is 0.667. The van der Waals surface area contributed by atoms with E-state index in [4.69, 9.17) is 0 Å². The third-order valence-electron chi connectivity index (χ3n) is 6.72. The van der Waals surface area contributed by atoms with E-state index in [9.17, 15) is 9.18 Å². The summed E-state index contributed by atoms with van der Waals surface area (Å²) in [5.41, 5.74) is 1.02. The molecule has 1 aromatic rings. The van der Waals surface area contributed by atoms with Gasteiger partial charge in [-0.1, -0.05) is 18.2 Å². The highest BCUT2D eigenvalue weighted by molar-refractivity contribution is 5.82. The highest BCUT2D eigenvalue weighted by Crippen LogP contribution is 2.60. The van der Waals surface area contributed by atoms with Crippen LogP contribution in [0.5, 0.6) is 0 Å². The van der Waals surface area contributed by atoms with E-state index in [0.717, 1.165) is 70.5 Å². The van der Waals surface area contributed by atoms with Crippen molar-refractivity contribution in [1.82, 2.24) is 14.7 Å². The Morgan fingerprint density at radius 2 is 1.88 bits per heavy atom. The lowest BCUT2D eigenvalue weighted by molar-refractivity contribution is -0.133. The van der Waals surface area contributed by atoms with Crippen molar-refractivity contribution in [1.29, 1.82) is 0 Å². The molecule has 2 heterocycles. The van der Waals surface area contributed by atoms with Crippen LogP contribution in [0.15, 0.2) is 24.3 Å². The van der Waals surface area contributed by atoms with E-state index in [-0.39, 0.29) is 17.2 Å². The lowest BCUT2D eigenvalue weighted by Gasteiger charge is -2.33. The molecule has 2 aliphatic heterocycles. The van der Waals surface area contributed by atoms with Crippen LogP contribution in [0.2, 0.25) is 0 Å². The summed E-state index contributed by atoms with van der Waals surface area (Å²) in [5, 5.41) is 0. The fourth-order valence-electron chi connectivity index (χ4n) is 4.76. The molecule has 1 aromatic carbocycles. The first-order chi connectivity index (χ1) is 12.6. The smallest absolute Gasteiger partial charge is 0.226 e. The van der Waals surface area contributed by atoms with Gasteiger partial charge in [0.1, 0.15) is 5.82 Å². The van der Waals surface area contributed by atoms with Crippen LogP contribution in [0.1, 0.15) is 31.2 Å². The quantitative estimate of drug-likeness (QED) is 0.830. The first-order valence-electron chi connectivity index (χ1n) is 10.0. The Kier molecular flexibility index (Phi) is 5.02. The summed E-state index contributed by atoms with van der Waals surface area (Å²) < 4.78 is 13.9. The third-order valence-corrected chi connectivity index (χ3v) is 6.72. The van der Waals surface area contributed by atoms with E-state index in [0.29, 0.717) is 12.5 Å². The Labute approximate surface area is 155 Å². The molecule has 0 radical (unpaired) electrons. The largest absolute Gasteiger partial charge is 0.341 e. The monoisotopic (exact) mass is 359 g/mol. The molecule has 26 heavy (non-hydrogen) atoms. The van der Waals surface area contributed by atoms with Crippen molar-refractivity contribution >= 4 is 5.91 Å². The summed E-state index contributed by atoms with van der Waals surface area (Å²) in [7, 11) is 2.14. The minimum absolute atomic E-state index is 0.113. The minimum atomic E-state index is -0.113. The molecule has 1 unspecified atom stereocenters. The van der Waals surface area contributed by atoms with Crippen molar-refractivity contribution < 1.29 is 9.18 Å². The maximum atomic E-state index is 13.9. The van der Waals surface area contributed by atoms with Gasteiger partial charge in [0.05, 0.1) is 0 Å². The van der Waals surface area contributed by atoms with Crippen LogP contribution in [0.3, 0.4) is 0 Å². The summed E-state index contributed by atoms with van der Waals surface area (Å²) in [4.78, 5) is 19.7. The second-order valence-electron chi connectivity index (χ2n) is 8.47. The van der Waals surface area contributed by atoms with Crippen LogP contribution in [0.25, 0.3) is 0 Å². The van der Waals surface area contributed by atoms with Gasteiger partial charge >= 0.3 is 0 Å². The molecule has 4 rings (SSSR count). The molecular formula is C21H30FN3O. The van der Waals surface area contributed by atoms with Gasteiger partial charge in [-0.3, -0.25) is 9.69 Å². The third kappa shape index (κ3) is 3.65. The molecule has 0 N–H and O–H groups in total. The molecule has 3 aliphatic rings. The van der Waals surface area contributed by atoms with Gasteiger partial charge in [-0.05, 0) is 63.8 Å². The lowest BCUT2D eigenvalue weighted by Crippen LogP contribution is -2.39. The van der Waals surface area contributed by atoms with Gasteiger partial charge in [-0.25, -0.2) is 4.39 Å². The van der Waals surface area contributed by atoms with E-state index in [1.165, 1.54) is 6.07 Å². The molecule has 4 nitrogen and oxygen atoms in total. The number of benzene rings is 1. The number of carbonyl (C=O) groups is 1. The van der Waals surface area contributed by atoms with Crippen LogP contribution < -0.4 is 0 Å². The molecule has 1 saturated carbocycles. The maximum absolute atomic E-state index is 13.9. The zero-order chi connectivity index (χ0) is 18.1.